The molecule has 0 aliphatic heterocycles. The number of rotatable bonds is 7. The number of hydrogen-bond acceptors (Lipinski definition) is 2. The molecule has 104 valence electrons. The highest BCUT2D eigenvalue weighted by Gasteiger charge is 2.53. The van der Waals surface area contributed by atoms with Crippen molar-refractivity contribution >= 4 is 0 Å². The van der Waals surface area contributed by atoms with E-state index >= 15 is 0 Å². The van der Waals surface area contributed by atoms with Gasteiger partial charge in [0, 0.05) is 24.1 Å². The number of ether oxygens (including phenoxy) is 1. The van der Waals surface area contributed by atoms with E-state index in [1.54, 1.807) is 0 Å². The van der Waals surface area contributed by atoms with Crippen molar-refractivity contribution in [2.75, 3.05) is 6.61 Å². The Morgan fingerprint density at radius 2 is 1.78 bits per heavy atom. The topological polar surface area (TPSA) is 21.3 Å². The highest BCUT2D eigenvalue weighted by atomic mass is 16.5. The molecule has 3 rings (SSSR count). The molecule has 0 heterocycles. The van der Waals surface area contributed by atoms with Crippen molar-refractivity contribution < 1.29 is 4.74 Å². The van der Waals surface area contributed by atoms with Gasteiger partial charge in [0.15, 0.2) is 0 Å². The smallest absolute Gasteiger partial charge is 0.0658 e. The van der Waals surface area contributed by atoms with Gasteiger partial charge in [-0.1, -0.05) is 13.8 Å². The fourth-order valence-electron chi connectivity index (χ4n) is 3.81. The second-order valence-electron chi connectivity index (χ2n) is 6.96. The number of hydrogen-bond donors (Lipinski definition) is 1. The van der Waals surface area contributed by atoms with Gasteiger partial charge in [-0.3, -0.25) is 0 Å². The van der Waals surface area contributed by atoms with E-state index in [1.807, 2.05) is 0 Å². The van der Waals surface area contributed by atoms with Crippen LogP contribution in [0.15, 0.2) is 0 Å². The molecule has 3 unspecified atom stereocenters. The Morgan fingerprint density at radius 1 is 1.17 bits per heavy atom. The lowest BCUT2D eigenvalue weighted by atomic mass is 9.61. The van der Waals surface area contributed by atoms with Crippen molar-refractivity contribution in [3.8, 4) is 0 Å². The van der Waals surface area contributed by atoms with Gasteiger partial charge in [-0.05, 0) is 57.3 Å². The van der Waals surface area contributed by atoms with Gasteiger partial charge in [0.25, 0.3) is 0 Å². The predicted octanol–water partition coefficient (Wildman–Crippen LogP) is 3.36. The van der Waals surface area contributed by atoms with Gasteiger partial charge < -0.3 is 10.1 Å². The molecule has 3 saturated carbocycles. The molecule has 0 aromatic carbocycles. The fraction of sp³-hybridized carbons (Fsp3) is 1.00. The van der Waals surface area contributed by atoms with Crippen molar-refractivity contribution in [3.63, 3.8) is 0 Å². The van der Waals surface area contributed by atoms with Crippen LogP contribution in [0.1, 0.15) is 59.3 Å². The minimum Gasteiger partial charge on any atom is -0.378 e. The Bertz CT molecular complexity index is 285. The molecular formula is C16H29NO. The second kappa shape index (κ2) is 4.79. The van der Waals surface area contributed by atoms with Crippen LogP contribution in [-0.2, 0) is 4.74 Å². The highest BCUT2D eigenvalue weighted by Crippen LogP contribution is 2.50. The van der Waals surface area contributed by atoms with Gasteiger partial charge >= 0.3 is 0 Å². The van der Waals surface area contributed by atoms with Gasteiger partial charge in [-0.15, -0.1) is 0 Å². The summed E-state index contributed by atoms with van der Waals surface area (Å²) in [7, 11) is 0. The van der Waals surface area contributed by atoms with Crippen LogP contribution in [0.3, 0.4) is 0 Å². The van der Waals surface area contributed by atoms with Crippen LogP contribution in [0.4, 0.5) is 0 Å². The molecule has 0 radical (unpaired) electrons. The zero-order valence-electron chi connectivity index (χ0n) is 12.2. The van der Waals surface area contributed by atoms with Crippen molar-refractivity contribution in [3.05, 3.63) is 0 Å². The SMILES string of the molecule is CCOC1CC(NC(C2CC2)C2CC2)C1(C)CC. The Kier molecular flexibility index (Phi) is 3.44. The van der Waals surface area contributed by atoms with E-state index in [1.165, 1.54) is 38.5 Å². The molecule has 1 N–H and O–H groups in total. The maximum Gasteiger partial charge on any atom is 0.0658 e. The summed E-state index contributed by atoms with van der Waals surface area (Å²) in [6, 6.07) is 1.54. The van der Waals surface area contributed by atoms with E-state index in [9.17, 15) is 0 Å². The summed E-state index contributed by atoms with van der Waals surface area (Å²) in [5, 5.41) is 4.03. The first kappa shape index (κ1) is 12.9. The molecule has 18 heavy (non-hydrogen) atoms. The third-order valence-electron chi connectivity index (χ3n) is 5.76. The zero-order chi connectivity index (χ0) is 12.8. The summed E-state index contributed by atoms with van der Waals surface area (Å²) in [6.07, 6.45) is 8.84. The van der Waals surface area contributed by atoms with Crippen LogP contribution < -0.4 is 5.32 Å². The molecule has 3 atom stereocenters. The third-order valence-corrected chi connectivity index (χ3v) is 5.76. The standard InChI is InChI=1S/C16H29NO/c1-4-16(3)13(10-14(16)18-5-2)17-15(11-6-7-11)12-8-9-12/h11-15,17H,4-10H2,1-3H3. The summed E-state index contributed by atoms with van der Waals surface area (Å²) >= 11 is 0. The van der Waals surface area contributed by atoms with Gasteiger partial charge in [-0.2, -0.15) is 0 Å². The molecule has 0 saturated heterocycles. The van der Waals surface area contributed by atoms with Gasteiger partial charge in [0.05, 0.1) is 6.10 Å². The van der Waals surface area contributed by atoms with Crippen molar-refractivity contribution in [1.82, 2.24) is 5.32 Å². The third kappa shape index (κ3) is 2.22. The average molecular weight is 251 g/mol. The monoisotopic (exact) mass is 251 g/mol. The first-order valence-electron chi connectivity index (χ1n) is 8.06. The zero-order valence-corrected chi connectivity index (χ0v) is 12.2. The predicted molar refractivity (Wildman–Crippen MR) is 74.6 cm³/mol. The van der Waals surface area contributed by atoms with Crippen LogP contribution in [0.25, 0.3) is 0 Å². The van der Waals surface area contributed by atoms with Crippen LogP contribution in [0.5, 0.6) is 0 Å². The molecule has 2 heteroatoms. The molecule has 0 aromatic heterocycles. The van der Waals surface area contributed by atoms with Crippen LogP contribution in [0.2, 0.25) is 0 Å². The summed E-state index contributed by atoms with van der Waals surface area (Å²) in [5.41, 5.74) is 0.373. The lowest BCUT2D eigenvalue weighted by molar-refractivity contribution is -0.129. The van der Waals surface area contributed by atoms with Crippen molar-refractivity contribution in [2.45, 2.75) is 77.5 Å². The Labute approximate surface area is 112 Å². The Morgan fingerprint density at radius 3 is 2.22 bits per heavy atom. The maximum atomic E-state index is 5.91. The first-order valence-corrected chi connectivity index (χ1v) is 8.06. The van der Waals surface area contributed by atoms with Crippen LogP contribution in [0, 0.1) is 17.3 Å². The molecule has 3 fully saturated rings. The van der Waals surface area contributed by atoms with Crippen molar-refractivity contribution in [1.29, 1.82) is 0 Å². The van der Waals surface area contributed by atoms with Crippen molar-refractivity contribution in [2.24, 2.45) is 17.3 Å². The largest absolute Gasteiger partial charge is 0.378 e. The highest BCUT2D eigenvalue weighted by molar-refractivity contribution is 5.08. The maximum absolute atomic E-state index is 5.91. The Hall–Kier alpha value is -0.0800. The number of nitrogens with one attached hydrogen (secondary N) is 1. The lowest BCUT2D eigenvalue weighted by Gasteiger charge is -2.55. The Balaban J connectivity index is 1.59. The molecule has 2 nitrogen and oxygen atoms in total. The molecule has 0 amide bonds. The summed E-state index contributed by atoms with van der Waals surface area (Å²) in [6.45, 7) is 7.73. The molecule has 0 spiro atoms. The average Bonchev–Trinajstić information content (AvgIpc) is 3.24. The van der Waals surface area contributed by atoms with E-state index in [0.717, 1.165) is 24.5 Å². The van der Waals surface area contributed by atoms with Gasteiger partial charge in [0.2, 0.25) is 0 Å². The van der Waals surface area contributed by atoms with E-state index in [4.69, 9.17) is 4.74 Å². The molecule has 3 aliphatic rings. The summed E-state index contributed by atoms with van der Waals surface area (Å²) in [4.78, 5) is 0. The van der Waals surface area contributed by atoms with E-state index in [2.05, 4.69) is 26.1 Å². The van der Waals surface area contributed by atoms with Crippen LogP contribution >= 0.6 is 0 Å². The van der Waals surface area contributed by atoms with E-state index in [0.29, 0.717) is 17.6 Å². The van der Waals surface area contributed by atoms with E-state index < -0.39 is 0 Å². The fourth-order valence-corrected chi connectivity index (χ4v) is 3.81. The summed E-state index contributed by atoms with van der Waals surface area (Å²) in [5.74, 6) is 2.01. The summed E-state index contributed by atoms with van der Waals surface area (Å²) < 4.78 is 5.91. The van der Waals surface area contributed by atoms with Crippen LogP contribution in [-0.4, -0.2) is 24.8 Å². The van der Waals surface area contributed by atoms with Gasteiger partial charge in [-0.25, -0.2) is 0 Å². The molecular weight excluding hydrogens is 222 g/mol. The second-order valence-corrected chi connectivity index (χ2v) is 6.96. The minimum atomic E-state index is 0.373. The normalized spacial score (nSPS) is 40.0. The van der Waals surface area contributed by atoms with Gasteiger partial charge in [0.1, 0.15) is 0 Å². The molecule has 0 bridgehead atoms. The minimum absolute atomic E-state index is 0.373. The first-order chi connectivity index (χ1) is 8.69. The molecule has 0 aromatic rings. The lowest BCUT2D eigenvalue weighted by Crippen LogP contribution is -2.64. The molecule has 3 aliphatic carbocycles. The quantitative estimate of drug-likeness (QED) is 0.749. The van der Waals surface area contributed by atoms with E-state index in [-0.39, 0.29) is 0 Å².